The number of hydrogen-bond acceptors (Lipinski definition) is 3. The number of hydrogen-bond donors (Lipinski definition) is 1. The molecular weight excluding hydrogens is 230 g/mol. The van der Waals surface area contributed by atoms with Gasteiger partial charge in [-0.3, -0.25) is 9.69 Å². The molecule has 0 aromatic carbocycles. The van der Waals surface area contributed by atoms with Crippen LogP contribution >= 0.6 is 0 Å². The zero-order chi connectivity index (χ0) is 13.2. The molecule has 1 aliphatic heterocycles. The van der Waals surface area contributed by atoms with Crippen LogP contribution in [0.5, 0.6) is 0 Å². The summed E-state index contributed by atoms with van der Waals surface area (Å²) in [7, 11) is 0. The van der Waals surface area contributed by atoms with Gasteiger partial charge in [0.05, 0.1) is 12.0 Å². The summed E-state index contributed by atoms with van der Waals surface area (Å²) in [5.41, 5.74) is -0.547. The molecule has 18 heavy (non-hydrogen) atoms. The third-order valence-corrected chi connectivity index (χ3v) is 3.92. The van der Waals surface area contributed by atoms with Gasteiger partial charge in [-0.15, -0.1) is 0 Å². The van der Waals surface area contributed by atoms with Gasteiger partial charge in [0, 0.05) is 6.42 Å². The van der Waals surface area contributed by atoms with Crippen LogP contribution in [-0.4, -0.2) is 29.1 Å². The van der Waals surface area contributed by atoms with Gasteiger partial charge in [-0.1, -0.05) is 6.92 Å². The molecule has 0 radical (unpaired) electrons. The number of rotatable bonds is 4. The van der Waals surface area contributed by atoms with Crippen molar-refractivity contribution < 1.29 is 14.3 Å². The summed E-state index contributed by atoms with van der Waals surface area (Å²) in [5, 5.41) is 9.17. The molecule has 0 aliphatic carbocycles. The third-order valence-electron chi connectivity index (χ3n) is 3.92. The van der Waals surface area contributed by atoms with Crippen LogP contribution in [0.15, 0.2) is 16.5 Å². The highest BCUT2D eigenvalue weighted by atomic mass is 16.4. The van der Waals surface area contributed by atoms with Crippen LogP contribution in [0.25, 0.3) is 0 Å². The Morgan fingerprint density at radius 1 is 1.39 bits per heavy atom. The SMILES string of the molecule is CCc1ccc(CN2CCC(C)(C(=O)O)CC2)o1. The van der Waals surface area contributed by atoms with Crippen molar-refractivity contribution in [2.45, 2.75) is 39.7 Å². The summed E-state index contributed by atoms with van der Waals surface area (Å²) in [4.78, 5) is 13.4. The lowest BCUT2D eigenvalue weighted by atomic mass is 9.80. The molecule has 1 saturated heterocycles. The Morgan fingerprint density at radius 2 is 2.00 bits per heavy atom. The Labute approximate surface area is 108 Å². The molecule has 0 unspecified atom stereocenters. The Balaban J connectivity index is 1.89. The average molecular weight is 251 g/mol. The highest BCUT2D eigenvalue weighted by Crippen LogP contribution is 2.31. The van der Waals surface area contributed by atoms with E-state index in [4.69, 9.17) is 4.42 Å². The molecule has 2 rings (SSSR count). The zero-order valence-electron chi connectivity index (χ0n) is 11.1. The molecule has 4 heteroatoms. The van der Waals surface area contributed by atoms with E-state index in [9.17, 15) is 9.90 Å². The Kier molecular flexibility index (Phi) is 3.76. The van der Waals surface area contributed by atoms with E-state index in [0.29, 0.717) is 12.8 Å². The number of carboxylic acids is 1. The van der Waals surface area contributed by atoms with Crippen molar-refractivity contribution in [2.24, 2.45) is 5.41 Å². The smallest absolute Gasteiger partial charge is 0.309 e. The van der Waals surface area contributed by atoms with Crippen LogP contribution in [0.1, 0.15) is 38.2 Å². The van der Waals surface area contributed by atoms with Gasteiger partial charge < -0.3 is 9.52 Å². The molecule has 1 aromatic heterocycles. The number of carboxylic acid groups (broad SMARTS) is 1. The van der Waals surface area contributed by atoms with E-state index in [1.165, 1.54) is 0 Å². The van der Waals surface area contributed by atoms with Crippen LogP contribution in [0.2, 0.25) is 0 Å². The molecule has 2 heterocycles. The minimum absolute atomic E-state index is 0.547. The number of carbonyl (C=O) groups is 1. The maximum absolute atomic E-state index is 11.1. The Morgan fingerprint density at radius 3 is 2.50 bits per heavy atom. The molecule has 4 nitrogen and oxygen atoms in total. The second-order valence-corrected chi connectivity index (χ2v) is 5.36. The molecule has 1 aliphatic rings. The van der Waals surface area contributed by atoms with Crippen LogP contribution < -0.4 is 0 Å². The van der Waals surface area contributed by atoms with E-state index in [2.05, 4.69) is 11.8 Å². The first-order valence-electron chi connectivity index (χ1n) is 6.57. The van der Waals surface area contributed by atoms with E-state index in [1.54, 1.807) is 0 Å². The molecule has 0 bridgehead atoms. The number of aryl methyl sites for hydroxylation is 1. The molecule has 1 fully saturated rings. The lowest BCUT2D eigenvalue weighted by Crippen LogP contribution is -2.42. The number of piperidine rings is 1. The molecule has 1 N–H and O–H groups in total. The molecule has 0 amide bonds. The summed E-state index contributed by atoms with van der Waals surface area (Å²) in [6, 6.07) is 4.03. The van der Waals surface area contributed by atoms with Crippen LogP contribution in [0.3, 0.4) is 0 Å². The molecule has 1 aromatic rings. The van der Waals surface area contributed by atoms with Gasteiger partial charge in [-0.25, -0.2) is 0 Å². The summed E-state index contributed by atoms with van der Waals surface area (Å²) in [6.45, 7) is 6.35. The van der Waals surface area contributed by atoms with Gasteiger partial charge in [0.2, 0.25) is 0 Å². The van der Waals surface area contributed by atoms with Gasteiger partial charge in [0.25, 0.3) is 0 Å². The normalized spacial score (nSPS) is 19.9. The molecule has 0 atom stereocenters. The first-order chi connectivity index (χ1) is 8.53. The zero-order valence-corrected chi connectivity index (χ0v) is 11.1. The molecule has 0 saturated carbocycles. The standard InChI is InChI=1S/C14H21NO3/c1-3-11-4-5-12(18-11)10-15-8-6-14(2,7-9-15)13(16)17/h4-5H,3,6-10H2,1-2H3,(H,16,17). The fourth-order valence-electron chi connectivity index (χ4n) is 2.34. The summed E-state index contributed by atoms with van der Waals surface area (Å²) < 4.78 is 5.68. The lowest BCUT2D eigenvalue weighted by molar-refractivity contribution is -0.150. The highest BCUT2D eigenvalue weighted by molar-refractivity contribution is 5.74. The Hall–Kier alpha value is -1.29. The van der Waals surface area contributed by atoms with E-state index < -0.39 is 11.4 Å². The monoisotopic (exact) mass is 251 g/mol. The second kappa shape index (κ2) is 5.14. The quantitative estimate of drug-likeness (QED) is 0.893. The number of furan rings is 1. The van der Waals surface area contributed by atoms with Gasteiger partial charge in [-0.2, -0.15) is 0 Å². The first-order valence-corrected chi connectivity index (χ1v) is 6.57. The van der Waals surface area contributed by atoms with Gasteiger partial charge >= 0.3 is 5.97 Å². The minimum Gasteiger partial charge on any atom is -0.481 e. The second-order valence-electron chi connectivity index (χ2n) is 5.36. The first kappa shape index (κ1) is 13.1. The molecule has 100 valence electrons. The van der Waals surface area contributed by atoms with E-state index in [1.807, 2.05) is 19.1 Å². The van der Waals surface area contributed by atoms with Crippen molar-refractivity contribution in [1.29, 1.82) is 0 Å². The van der Waals surface area contributed by atoms with Crippen LogP contribution in [-0.2, 0) is 17.8 Å². The Bertz CT molecular complexity index is 416. The fraction of sp³-hybridized carbons (Fsp3) is 0.643. The number of likely N-dealkylation sites (tertiary alicyclic amines) is 1. The topological polar surface area (TPSA) is 53.7 Å². The van der Waals surface area contributed by atoms with Crippen molar-refractivity contribution in [3.8, 4) is 0 Å². The predicted octanol–water partition coefficient (Wildman–Crippen LogP) is 2.53. The van der Waals surface area contributed by atoms with Gasteiger partial charge in [0.1, 0.15) is 11.5 Å². The van der Waals surface area contributed by atoms with E-state index in [-0.39, 0.29) is 0 Å². The van der Waals surface area contributed by atoms with Crippen molar-refractivity contribution >= 4 is 5.97 Å². The van der Waals surface area contributed by atoms with Gasteiger partial charge in [-0.05, 0) is 45.0 Å². The number of aliphatic carboxylic acids is 1. The van der Waals surface area contributed by atoms with Crippen LogP contribution in [0.4, 0.5) is 0 Å². The lowest BCUT2D eigenvalue weighted by Gasteiger charge is -2.35. The molecule has 0 spiro atoms. The summed E-state index contributed by atoms with van der Waals surface area (Å²) in [6.07, 6.45) is 2.34. The fourth-order valence-corrected chi connectivity index (χ4v) is 2.34. The van der Waals surface area contributed by atoms with Crippen molar-refractivity contribution in [3.63, 3.8) is 0 Å². The average Bonchev–Trinajstić information content (AvgIpc) is 2.80. The minimum atomic E-state index is -0.673. The summed E-state index contributed by atoms with van der Waals surface area (Å²) in [5.74, 6) is 1.32. The van der Waals surface area contributed by atoms with E-state index >= 15 is 0 Å². The van der Waals surface area contributed by atoms with Crippen molar-refractivity contribution in [1.82, 2.24) is 4.90 Å². The van der Waals surface area contributed by atoms with E-state index in [0.717, 1.165) is 37.6 Å². The highest BCUT2D eigenvalue weighted by Gasteiger charge is 2.36. The number of nitrogens with zero attached hydrogens (tertiary/aromatic N) is 1. The maximum Gasteiger partial charge on any atom is 0.309 e. The third kappa shape index (κ3) is 2.75. The summed E-state index contributed by atoms with van der Waals surface area (Å²) >= 11 is 0. The van der Waals surface area contributed by atoms with Gasteiger partial charge in [0.15, 0.2) is 0 Å². The van der Waals surface area contributed by atoms with Crippen molar-refractivity contribution in [2.75, 3.05) is 13.1 Å². The molecular formula is C14H21NO3. The van der Waals surface area contributed by atoms with Crippen molar-refractivity contribution in [3.05, 3.63) is 23.7 Å². The predicted molar refractivity (Wildman–Crippen MR) is 68.3 cm³/mol. The van der Waals surface area contributed by atoms with Crippen LogP contribution in [0, 0.1) is 5.41 Å². The largest absolute Gasteiger partial charge is 0.481 e. The maximum atomic E-state index is 11.1.